The summed E-state index contributed by atoms with van der Waals surface area (Å²) in [5.74, 6) is 0.712. The Labute approximate surface area is 206 Å². The van der Waals surface area contributed by atoms with Gasteiger partial charge in [0.1, 0.15) is 11.4 Å². The van der Waals surface area contributed by atoms with E-state index < -0.39 is 5.60 Å². The molecular weight excluding hydrogens is 432 g/mol. The van der Waals surface area contributed by atoms with Gasteiger partial charge in [-0.3, -0.25) is 4.79 Å². The van der Waals surface area contributed by atoms with E-state index in [2.05, 4.69) is 38.1 Å². The van der Waals surface area contributed by atoms with Crippen LogP contribution in [0.2, 0.25) is 0 Å². The highest BCUT2D eigenvalue weighted by atomic mass is 35.5. The van der Waals surface area contributed by atoms with Crippen LogP contribution < -0.4 is 5.32 Å². The molecule has 0 bridgehead atoms. The average Bonchev–Trinajstić information content (AvgIpc) is 2.80. The molecule has 4 nitrogen and oxygen atoms in total. The Morgan fingerprint density at radius 1 is 1.30 bits per heavy atom. The number of halogens is 1. The van der Waals surface area contributed by atoms with Gasteiger partial charge in [0, 0.05) is 43.0 Å². The van der Waals surface area contributed by atoms with Gasteiger partial charge >= 0.3 is 0 Å². The van der Waals surface area contributed by atoms with Gasteiger partial charge in [-0.15, -0.1) is 0 Å². The summed E-state index contributed by atoms with van der Waals surface area (Å²) in [6, 6.07) is 0. The lowest BCUT2D eigenvalue weighted by atomic mass is 9.82. The molecule has 1 fully saturated rings. The number of amides is 1. The van der Waals surface area contributed by atoms with Crippen LogP contribution in [0, 0.1) is 0 Å². The number of ether oxygens (including phenoxy) is 1. The monoisotopic (exact) mass is 472 g/mol. The number of rotatable bonds is 9. The van der Waals surface area contributed by atoms with Gasteiger partial charge in [-0.2, -0.15) is 0 Å². The molecule has 2 aliphatic rings. The number of hydrogen-bond acceptors (Lipinski definition) is 3. The normalized spacial score (nSPS) is 18.9. The molecule has 0 aliphatic carbocycles. The second-order valence-electron chi connectivity index (χ2n) is 7.84. The van der Waals surface area contributed by atoms with Gasteiger partial charge in [-0.1, -0.05) is 76.4 Å². The van der Waals surface area contributed by atoms with E-state index in [9.17, 15) is 4.79 Å². The van der Waals surface area contributed by atoms with Crippen molar-refractivity contribution in [2.45, 2.75) is 59.0 Å². The maximum Gasteiger partial charge on any atom is 0.226 e. The van der Waals surface area contributed by atoms with Gasteiger partial charge in [0.2, 0.25) is 5.91 Å². The lowest BCUT2D eigenvalue weighted by Crippen LogP contribution is -2.44. The number of carbonyl (C=O) groups excluding carboxylic acids is 1. The molecule has 1 saturated heterocycles. The topological polar surface area (TPSA) is 41.6 Å². The standard InChI is InChI=1S/C26H35ClN2O2.C2H6/c1-6-10-22(11-9-12-25(30)29(8-3)17-7-2)24-19-26(13-15-28-16-14-26)31-21(5)23(24)18-20(4)27;1-2/h6,9-11,18-19,28H,1,4-5,7-8,12-17H2,2-3H3;1-2H3/b11-9-,22-10+,23-18+;. The zero-order chi connectivity index (χ0) is 24.9. The molecule has 0 saturated carbocycles. The highest BCUT2D eigenvalue weighted by Crippen LogP contribution is 2.41. The highest BCUT2D eigenvalue weighted by molar-refractivity contribution is 6.31. The van der Waals surface area contributed by atoms with Crippen molar-refractivity contribution in [1.82, 2.24) is 10.2 Å². The number of nitrogens with zero attached hydrogens (tertiary/aromatic N) is 1. The molecule has 1 N–H and O–H groups in total. The van der Waals surface area contributed by atoms with Crippen LogP contribution in [0.5, 0.6) is 0 Å². The molecule has 1 amide bonds. The highest BCUT2D eigenvalue weighted by Gasteiger charge is 2.38. The molecule has 2 heterocycles. The third-order valence-electron chi connectivity index (χ3n) is 5.50. The molecule has 1 spiro atoms. The van der Waals surface area contributed by atoms with Gasteiger partial charge in [0.05, 0.1) is 0 Å². The lowest BCUT2D eigenvalue weighted by molar-refractivity contribution is -0.130. The first-order valence-corrected chi connectivity index (χ1v) is 12.4. The van der Waals surface area contributed by atoms with E-state index >= 15 is 0 Å². The molecule has 0 aromatic heterocycles. The third-order valence-corrected chi connectivity index (χ3v) is 5.61. The Bertz CT molecular complexity index is 827. The van der Waals surface area contributed by atoms with Crippen molar-refractivity contribution in [3.63, 3.8) is 0 Å². The Morgan fingerprint density at radius 2 is 1.97 bits per heavy atom. The van der Waals surface area contributed by atoms with Gasteiger partial charge < -0.3 is 15.0 Å². The van der Waals surface area contributed by atoms with E-state index in [1.165, 1.54) is 0 Å². The molecule has 33 heavy (non-hydrogen) atoms. The van der Waals surface area contributed by atoms with Crippen LogP contribution in [0.25, 0.3) is 0 Å². The first kappa shape index (κ1) is 28.7. The minimum Gasteiger partial charge on any atom is -0.483 e. The molecule has 0 aromatic rings. The minimum atomic E-state index is -0.396. The fourth-order valence-corrected chi connectivity index (χ4v) is 4.09. The van der Waals surface area contributed by atoms with E-state index in [4.69, 9.17) is 16.3 Å². The van der Waals surface area contributed by atoms with Gasteiger partial charge in [-0.05, 0) is 49.7 Å². The van der Waals surface area contributed by atoms with Crippen LogP contribution in [-0.2, 0) is 9.53 Å². The molecule has 5 heteroatoms. The summed E-state index contributed by atoms with van der Waals surface area (Å²) in [7, 11) is 0. The summed E-state index contributed by atoms with van der Waals surface area (Å²) in [5.41, 5.74) is 2.32. The van der Waals surface area contributed by atoms with Crippen molar-refractivity contribution >= 4 is 17.5 Å². The van der Waals surface area contributed by atoms with Gasteiger partial charge in [0.25, 0.3) is 0 Å². The lowest BCUT2D eigenvalue weighted by Gasteiger charge is -2.41. The second kappa shape index (κ2) is 14.8. The predicted octanol–water partition coefficient (Wildman–Crippen LogP) is 6.60. The zero-order valence-corrected chi connectivity index (χ0v) is 21.6. The second-order valence-corrected chi connectivity index (χ2v) is 8.33. The number of nitrogens with one attached hydrogen (secondary N) is 1. The van der Waals surface area contributed by atoms with E-state index in [0.29, 0.717) is 17.2 Å². The van der Waals surface area contributed by atoms with Gasteiger partial charge in [0.15, 0.2) is 0 Å². The molecule has 0 unspecified atom stereocenters. The van der Waals surface area contributed by atoms with Crippen molar-refractivity contribution in [1.29, 1.82) is 0 Å². The summed E-state index contributed by atoms with van der Waals surface area (Å²) >= 11 is 6.11. The van der Waals surface area contributed by atoms with Crippen LogP contribution in [0.3, 0.4) is 0 Å². The van der Waals surface area contributed by atoms with Crippen LogP contribution in [0.4, 0.5) is 0 Å². The van der Waals surface area contributed by atoms with Gasteiger partial charge in [-0.25, -0.2) is 0 Å². The Balaban J connectivity index is 0.00000265. The van der Waals surface area contributed by atoms with Crippen LogP contribution in [0.15, 0.2) is 83.7 Å². The maximum atomic E-state index is 12.5. The molecule has 2 aliphatic heterocycles. The summed E-state index contributed by atoms with van der Waals surface area (Å²) in [4.78, 5) is 14.4. The van der Waals surface area contributed by atoms with Crippen molar-refractivity contribution in [3.05, 3.63) is 83.7 Å². The van der Waals surface area contributed by atoms with Crippen molar-refractivity contribution in [3.8, 4) is 0 Å². The van der Waals surface area contributed by atoms with Crippen molar-refractivity contribution in [2.24, 2.45) is 0 Å². The summed E-state index contributed by atoms with van der Waals surface area (Å²) < 4.78 is 6.29. The molecular formula is C28H41ClN2O2. The van der Waals surface area contributed by atoms with E-state index in [1.54, 1.807) is 12.2 Å². The number of piperidine rings is 1. The third kappa shape index (κ3) is 8.53. The first-order chi connectivity index (χ1) is 15.9. The fraction of sp³-hybridized carbons (Fsp3) is 0.464. The Morgan fingerprint density at radius 3 is 2.52 bits per heavy atom. The van der Waals surface area contributed by atoms with Crippen molar-refractivity contribution < 1.29 is 9.53 Å². The Hall–Kier alpha value is -2.30. The smallest absolute Gasteiger partial charge is 0.226 e. The van der Waals surface area contributed by atoms with Crippen LogP contribution in [-0.4, -0.2) is 42.6 Å². The van der Waals surface area contributed by atoms with E-state index in [1.807, 2.05) is 43.9 Å². The molecule has 0 radical (unpaired) electrons. The largest absolute Gasteiger partial charge is 0.483 e. The quantitative estimate of drug-likeness (QED) is 0.384. The van der Waals surface area contributed by atoms with E-state index in [-0.39, 0.29) is 5.91 Å². The minimum absolute atomic E-state index is 0.128. The molecule has 2 rings (SSSR count). The fourth-order valence-electron chi connectivity index (χ4n) is 3.98. The number of allylic oxidation sites excluding steroid dienone is 7. The first-order valence-electron chi connectivity index (χ1n) is 12.0. The average molecular weight is 473 g/mol. The Kier molecular flexibility index (Phi) is 12.9. The zero-order valence-electron chi connectivity index (χ0n) is 20.9. The van der Waals surface area contributed by atoms with Crippen LogP contribution >= 0.6 is 11.6 Å². The number of hydrogen-bond donors (Lipinski definition) is 1. The summed E-state index contributed by atoms with van der Waals surface area (Å²) in [5, 5.41) is 3.79. The van der Waals surface area contributed by atoms with Crippen molar-refractivity contribution in [2.75, 3.05) is 26.2 Å². The van der Waals surface area contributed by atoms with Crippen LogP contribution in [0.1, 0.15) is 53.4 Å². The molecule has 182 valence electrons. The number of carbonyl (C=O) groups is 1. The molecule has 0 atom stereocenters. The van der Waals surface area contributed by atoms with E-state index in [0.717, 1.165) is 62.2 Å². The summed E-state index contributed by atoms with van der Waals surface area (Å²) in [6.45, 7) is 23.2. The SMILES string of the molecule is C=C/C=C(\C=C/CC(=O)N(CC)CCC)C1=CC2(CCNCC2)OC(=C)/C1=C\C(=C)Cl.CC. The molecule has 0 aromatic carbocycles. The maximum absolute atomic E-state index is 12.5. The summed E-state index contributed by atoms with van der Waals surface area (Å²) in [6.07, 6.45) is 14.5. The predicted molar refractivity (Wildman–Crippen MR) is 142 cm³/mol.